The molecule has 0 spiro atoms. The first-order valence-corrected chi connectivity index (χ1v) is 11.3. The fourth-order valence-electron chi connectivity index (χ4n) is 5.25. The zero-order chi connectivity index (χ0) is 21.1. The van der Waals surface area contributed by atoms with E-state index in [4.69, 9.17) is 0 Å². The predicted octanol–water partition coefficient (Wildman–Crippen LogP) is 4.00. The number of alkyl halides is 3. The maximum absolute atomic E-state index is 12.9. The van der Waals surface area contributed by atoms with Crippen molar-refractivity contribution < 1.29 is 18.0 Å². The van der Waals surface area contributed by atoms with Crippen LogP contribution in [-0.2, 0) is 17.5 Å². The predicted molar refractivity (Wildman–Crippen MR) is 110 cm³/mol. The molecule has 1 aromatic rings. The molecule has 1 aromatic carbocycles. The maximum atomic E-state index is 12.9. The molecule has 0 aliphatic carbocycles. The third kappa shape index (κ3) is 5.17. The van der Waals surface area contributed by atoms with Crippen molar-refractivity contribution in [3.8, 4) is 0 Å². The van der Waals surface area contributed by atoms with E-state index < -0.39 is 11.7 Å². The van der Waals surface area contributed by atoms with Crippen molar-refractivity contribution in [1.29, 1.82) is 0 Å². The van der Waals surface area contributed by atoms with E-state index in [0.717, 1.165) is 89.4 Å². The number of carbonyl (C=O) groups excluding carboxylic acids is 1. The first-order chi connectivity index (χ1) is 14.4. The van der Waals surface area contributed by atoms with Gasteiger partial charge in [-0.3, -0.25) is 9.69 Å². The van der Waals surface area contributed by atoms with Gasteiger partial charge in [-0.15, -0.1) is 0 Å². The summed E-state index contributed by atoms with van der Waals surface area (Å²) in [6, 6.07) is 6.22. The van der Waals surface area contributed by atoms with E-state index in [1.165, 1.54) is 12.1 Å². The van der Waals surface area contributed by atoms with E-state index >= 15 is 0 Å². The molecule has 0 atom stereocenters. The van der Waals surface area contributed by atoms with Crippen LogP contribution in [0.15, 0.2) is 24.3 Å². The Kier molecular flexibility index (Phi) is 6.68. The van der Waals surface area contributed by atoms with Crippen LogP contribution in [0.25, 0.3) is 0 Å². The number of amides is 1. The minimum Gasteiger partial charge on any atom is -0.342 e. The number of halogens is 3. The first kappa shape index (κ1) is 21.6. The highest BCUT2D eigenvalue weighted by Gasteiger charge is 2.33. The van der Waals surface area contributed by atoms with Crippen LogP contribution in [0.3, 0.4) is 0 Å². The zero-order valence-electron chi connectivity index (χ0n) is 17.5. The summed E-state index contributed by atoms with van der Waals surface area (Å²) in [7, 11) is 0. The van der Waals surface area contributed by atoms with Crippen LogP contribution in [0.1, 0.15) is 49.7 Å². The Balaban J connectivity index is 1.22. The summed E-state index contributed by atoms with van der Waals surface area (Å²) >= 11 is 0. The van der Waals surface area contributed by atoms with E-state index in [-0.39, 0.29) is 5.92 Å². The molecule has 4 rings (SSSR count). The summed E-state index contributed by atoms with van der Waals surface area (Å²) in [4.78, 5) is 19.5. The van der Waals surface area contributed by atoms with Gasteiger partial charge in [0.1, 0.15) is 0 Å². The van der Waals surface area contributed by atoms with Gasteiger partial charge in [0.05, 0.1) is 5.56 Å². The van der Waals surface area contributed by atoms with Gasteiger partial charge >= 0.3 is 6.18 Å². The highest BCUT2D eigenvalue weighted by molar-refractivity contribution is 5.79. The minimum absolute atomic E-state index is 0.195. The Morgan fingerprint density at radius 2 is 1.60 bits per heavy atom. The summed E-state index contributed by atoms with van der Waals surface area (Å²) < 4.78 is 38.8. The highest BCUT2D eigenvalue weighted by atomic mass is 19.4. The van der Waals surface area contributed by atoms with Crippen molar-refractivity contribution in [1.82, 2.24) is 14.7 Å². The molecule has 0 bridgehead atoms. The van der Waals surface area contributed by atoms with Gasteiger partial charge in [-0.1, -0.05) is 18.2 Å². The van der Waals surface area contributed by atoms with Gasteiger partial charge in [0.25, 0.3) is 0 Å². The molecule has 0 N–H and O–H groups in total. The molecule has 30 heavy (non-hydrogen) atoms. The van der Waals surface area contributed by atoms with Crippen molar-refractivity contribution in [2.45, 2.75) is 57.3 Å². The monoisotopic (exact) mass is 423 g/mol. The zero-order valence-corrected chi connectivity index (χ0v) is 17.5. The van der Waals surface area contributed by atoms with E-state index in [9.17, 15) is 18.0 Å². The summed E-state index contributed by atoms with van der Waals surface area (Å²) in [5.74, 6) is 0.559. The van der Waals surface area contributed by atoms with Crippen LogP contribution in [0.4, 0.5) is 13.2 Å². The SMILES string of the molecule is O=C(C1CCN(C2CCN(Cc3cccc(C(F)(F)F)c3)CC2)CC1)N1CCCC1. The second-order valence-electron chi connectivity index (χ2n) is 9.05. The molecule has 3 aliphatic rings. The van der Waals surface area contributed by atoms with Gasteiger partial charge in [0.15, 0.2) is 0 Å². The fraction of sp³-hybridized carbons (Fsp3) is 0.696. The summed E-state index contributed by atoms with van der Waals surface area (Å²) in [6.45, 7) is 6.24. The quantitative estimate of drug-likeness (QED) is 0.732. The van der Waals surface area contributed by atoms with Crippen LogP contribution in [0.5, 0.6) is 0 Å². The number of nitrogens with zero attached hydrogens (tertiary/aromatic N) is 3. The number of rotatable bonds is 4. The van der Waals surface area contributed by atoms with Crippen molar-refractivity contribution in [2.75, 3.05) is 39.3 Å². The molecule has 3 heterocycles. The average Bonchev–Trinajstić information content (AvgIpc) is 3.28. The standard InChI is InChI=1S/C23H32F3N3O/c24-23(25,26)20-5-3-4-18(16-20)17-27-12-8-21(9-13-27)28-14-6-19(7-15-28)22(30)29-10-1-2-11-29/h3-5,16,19,21H,1-2,6-15,17H2. The van der Waals surface area contributed by atoms with Crippen molar-refractivity contribution in [3.05, 3.63) is 35.4 Å². The number of carbonyl (C=O) groups is 1. The smallest absolute Gasteiger partial charge is 0.342 e. The molecule has 7 heteroatoms. The molecule has 166 valence electrons. The Morgan fingerprint density at radius 1 is 0.933 bits per heavy atom. The molecule has 0 radical (unpaired) electrons. The van der Waals surface area contributed by atoms with Crippen molar-refractivity contribution in [3.63, 3.8) is 0 Å². The first-order valence-electron chi connectivity index (χ1n) is 11.3. The van der Waals surface area contributed by atoms with Crippen molar-refractivity contribution >= 4 is 5.91 Å². The van der Waals surface area contributed by atoms with Gasteiger partial charge in [0.2, 0.25) is 5.91 Å². The van der Waals surface area contributed by atoms with Crippen LogP contribution in [-0.4, -0.2) is 65.9 Å². The summed E-state index contributed by atoms with van der Waals surface area (Å²) in [6.07, 6.45) is 2.01. The highest BCUT2D eigenvalue weighted by Crippen LogP contribution is 2.30. The van der Waals surface area contributed by atoms with Gasteiger partial charge in [0, 0.05) is 31.6 Å². The second kappa shape index (κ2) is 9.27. The molecule has 1 amide bonds. The Morgan fingerprint density at radius 3 is 2.23 bits per heavy atom. The van der Waals surface area contributed by atoms with Crippen LogP contribution in [0.2, 0.25) is 0 Å². The summed E-state index contributed by atoms with van der Waals surface area (Å²) in [5, 5.41) is 0. The Hall–Kier alpha value is -1.60. The molecule has 3 aliphatic heterocycles. The fourth-order valence-corrected chi connectivity index (χ4v) is 5.25. The van der Waals surface area contributed by atoms with Gasteiger partial charge in [-0.25, -0.2) is 0 Å². The number of hydrogen-bond acceptors (Lipinski definition) is 3. The third-order valence-electron chi connectivity index (χ3n) is 7.03. The lowest BCUT2D eigenvalue weighted by atomic mass is 9.92. The second-order valence-corrected chi connectivity index (χ2v) is 9.05. The molecular weight excluding hydrogens is 391 g/mol. The van der Waals surface area contributed by atoms with E-state index in [1.54, 1.807) is 6.07 Å². The van der Waals surface area contributed by atoms with E-state index in [2.05, 4.69) is 9.80 Å². The molecule has 4 nitrogen and oxygen atoms in total. The molecule has 3 fully saturated rings. The molecule has 3 saturated heterocycles. The lowest BCUT2D eigenvalue weighted by Crippen LogP contribution is -2.49. The number of benzene rings is 1. The Bertz CT molecular complexity index is 717. The van der Waals surface area contributed by atoms with Crippen LogP contribution >= 0.6 is 0 Å². The third-order valence-corrected chi connectivity index (χ3v) is 7.03. The average molecular weight is 424 g/mol. The van der Waals surface area contributed by atoms with E-state index in [0.29, 0.717) is 18.5 Å². The van der Waals surface area contributed by atoms with Crippen LogP contribution < -0.4 is 0 Å². The van der Waals surface area contributed by atoms with E-state index in [1.807, 2.05) is 4.90 Å². The molecule has 0 saturated carbocycles. The van der Waals surface area contributed by atoms with Crippen LogP contribution in [0, 0.1) is 5.92 Å². The lowest BCUT2D eigenvalue weighted by Gasteiger charge is -2.42. The van der Waals surface area contributed by atoms with Gasteiger partial charge in [-0.05, 0) is 76.3 Å². The molecular formula is C23H32F3N3O. The normalized spacial score (nSPS) is 23.2. The van der Waals surface area contributed by atoms with Crippen molar-refractivity contribution in [2.24, 2.45) is 5.92 Å². The minimum atomic E-state index is -4.29. The molecule has 0 aromatic heterocycles. The number of hydrogen-bond donors (Lipinski definition) is 0. The maximum Gasteiger partial charge on any atom is 0.416 e. The number of piperidine rings is 2. The molecule has 0 unspecified atom stereocenters. The lowest BCUT2D eigenvalue weighted by molar-refractivity contribution is -0.138. The number of likely N-dealkylation sites (tertiary alicyclic amines) is 3. The largest absolute Gasteiger partial charge is 0.416 e. The topological polar surface area (TPSA) is 26.8 Å². The van der Waals surface area contributed by atoms with Gasteiger partial charge in [-0.2, -0.15) is 13.2 Å². The van der Waals surface area contributed by atoms with Gasteiger partial charge < -0.3 is 9.80 Å². The Labute approximate surface area is 177 Å². The summed E-state index contributed by atoms with van der Waals surface area (Å²) in [5.41, 5.74) is 0.158.